The van der Waals surface area contributed by atoms with Crippen LogP contribution in [0.5, 0.6) is 0 Å². The molecule has 1 unspecified atom stereocenters. The Balaban J connectivity index is 2.27. The molecule has 1 aromatic carbocycles. The van der Waals surface area contributed by atoms with Crippen molar-refractivity contribution in [3.63, 3.8) is 0 Å². The molecule has 0 amide bonds. The van der Waals surface area contributed by atoms with Crippen molar-refractivity contribution >= 4 is 28.5 Å². The van der Waals surface area contributed by atoms with Crippen LogP contribution >= 0.6 is 11.8 Å². The highest BCUT2D eigenvalue weighted by Gasteiger charge is 2.40. The van der Waals surface area contributed by atoms with Crippen LogP contribution in [0.25, 0.3) is 5.70 Å². The van der Waals surface area contributed by atoms with Gasteiger partial charge in [0.15, 0.2) is 0 Å². The van der Waals surface area contributed by atoms with Crippen molar-refractivity contribution in [2.45, 2.75) is 26.2 Å². The number of hydrogen-bond donors (Lipinski definition) is 0. The molecule has 2 atom stereocenters. The third-order valence-electron chi connectivity index (χ3n) is 4.57. The summed E-state index contributed by atoms with van der Waals surface area (Å²) in [4.78, 5) is 22.1. The van der Waals surface area contributed by atoms with Crippen molar-refractivity contribution in [3.05, 3.63) is 71.6 Å². The van der Waals surface area contributed by atoms with E-state index in [0.29, 0.717) is 11.3 Å². The van der Waals surface area contributed by atoms with Gasteiger partial charge in [-0.25, -0.2) is 9.79 Å². The molecule has 0 radical (unpaired) electrons. The van der Waals surface area contributed by atoms with Crippen molar-refractivity contribution in [1.82, 2.24) is 4.98 Å². The number of hydrogen-bond acceptors (Lipinski definition) is 6. The molecule has 0 fully saturated rings. The van der Waals surface area contributed by atoms with Gasteiger partial charge in [0.25, 0.3) is 0 Å². The van der Waals surface area contributed by atoms with E-state index in [9.17, 15) is 10.1 Å². The normalized spacial score (nSPS) is 18.7. The Morgan fingerprint density at radius 1 is 1.21 bits per heavy atom. The van der Waals surface area contributed by atoms with Crippen LogP contribution < -0.4 is 0 Å². The number of rotatable bonds is 6. The van der Waals surface area contributed by atoms with Gasteiger partial charge in [0.05, 0.1) is 29.0 Å². The molecule has 6 heteroatoms. The first kappa shape index (κ1) is 20.8. The highest BCUT2D eigenvalue weighted by atomic mass is 32.2. The van der Waals surface area contributed by atoms with E-state index in [1.54, 1.807) is 31.1 Å². The van der Waals surface area contributed by atoms with Crippen molar-refractivity contribution in [1.29, 1.82) is 5.26 Å². The molecule has 1 aliphatic heterocycles. The summed E-state index contributed by atoms with van der Waals surface area (Å²) in [6.07, 6.45) is 4.36. The average molecular weight is 406 g/mol. The number of carbonyl (C=O) groups excluding carboxylic acids is 1. The Morgan fingerprint density at radius 3 is 2.62 bits per heavy atom. The molecule has 0 saturated heterocycles. The molecule has 2 heterocycles. The molecule has 1 aromatic heterocycles. The van der Waals surface area contributed by atoms with E-state index in [2.05, 4.69) is 18.0 Å². The largest absolute Gasteiger partial charge is 0.463 e. The van der Waals surface area contributed by atoms with E-state index in [4.69, 9.17) is 9.73 Å². The van der Waals surface area contributed by atoms with Gasteiger partial charge < -0.3 is 4.74 Å². The zero-order chi connectivity index (χ0) is 20.6. The van der Waals surface area contributed by atoms with Gasteiger partial charge in [-0.1, -0.05) is 43.3 Å². The van der Waals surface area contributed by atoms with Crippen LogP contribution in [0.3, 0.4) is 0 Å². The molecule has 29 heavy (non-hydrogen) atoms. The summed E-state index contributed by atoms with van der Waals surface area (Å²) in [5, 5.41) is 10.8. The molecular formula is C23H23N3O2S. The molecule has 0 saturated carbocycles. The predicted octanol–water partition coefficient (Wildman–Crippen LogP) is 4.83. The van der Waals surface area contributed by atoms with Gasteiger partial charge in [0.1, 0.15) is 5.92 Å². The van der Waals surface area contributed by atoms with Gasteiger partial charge in [-0.05, 0) is 30.7 Å². The monoisotopic (exact) mass is 405 g/mol. The van der Waals surface area contributed by atoms with Gasteiger partial charge in [-0.2, -0.15) is 5.26 Å². The first-order valence-corrected chi connectivity index (χ1v) is 10.7. The number of ether oxygens (including phenoxy) is 1. The zero-order valence-corrected chi connectivity index (χ0v) is 17.4. The summed E-state index contributed by atoms with van der Waals surface area (Å²) in [5.74, 6) is -0.640. The van der Waals surface area contributed by atoms with E-state index < -0.39 is 17.8 Å². The topological polar surface area (TPSA) is 75.3 Å². The number of aliphatic imine (C=N–C) groups is 1. The number of thioether (sulfide) groups is 1. The summed E-state index contributed by atoms with van der Waals surface area (Å²) >= 11 is 1.57. The minimum Gasteiger partial charge on any atom is -0.463 e. The predicted molar refractivity (Wildman–Crippen MR) is 116 cm³/mol. The fourth-order valence-corrected chi connectivity index (χ4v) is 4.26. The number of esters is 1. The first-order chi connectivity index (χ1) is 14.2. The molecular weight excluding hydrogens is 382 g/mol. The lowest BCUT2D eigenvalue weighted by Crippen LogP contribution is -2.30. The Labute approximate surface area is 175 Å². The van der Waals surface area contributed by atoms with Gasteiger partial charge in [0, 0.05) is 23.9 Å². The van der Waals surface area contributed by atoms with Crippen LogP contribution in [-0.2, 0) is 9.53 Å². The Morgan fingerprint density at radius 2 is 2.00 bits per heavy atom. The fraction of sp³-hybridized carbons (Fsp3) is 0.304. The zero-order valence-electron chi connectivity index (χ0n) is 16.5. The van der Waals surface area contributed by atoms with Crippen LogP contribution in [0.15, 0.2) is 65.4 Å². The highest BCUT2D eigenvalue weighted by Crippen LogP contribution is 2.44. The van der Waals surface area contributed by atoms with Crippen molar-refractivity contribution in [3.8, 4) is 6.07 Å². The number of benzene rings is 1. The molecule has 0 N–H and O–H groups in total. The number of carbonyl (C=O) groups is 1. The Bertz CT molecular complexity index is 949. The first-order valence-electron chi connectivity index (χ1n) is 9.68. The quantitative estimate of drug-likeness (QED) is 0.643. The van der Waals surface area contributed by atoms with Crippen molar-refractivity contribution in [2.24, 2.45) is 10.9 Å². The van der Waals surface area contributed by atoms with Crippen molar-refractivity contribution < 1.29 is 9.53 Å². The van der Waals surface area contributed by atoms with Crippen LogP contribution in [0.2, 0.25) is 0 Å². The maximum Gasteiger partial charge on any atom is 0.336 e. The van der Waals surface area contributed by atoms with Crippen LogP contribution in [-0.4, -0.2) is 28.4 Å². The molecule has 2 aromatic rings. The lowest BCUT2D eigenvalue weighted by molar-refractivity contribution is -0.138. The SMILES string of the molecule is CCCSC1=NC(c2ccccc2)=C(C(=O)OCC)[C@@H](c2cccnc2)C1C#N. The maximum absolute atomic E-state index is 13.1. The smallest absolute Gasteiger partial charge is 0.336 e. The van der Waals surface area contributed by atoms with Gasteiger partial charge in [-0.3, -0.25) is 4.98 Å². The van der Waals surface area contributed by atoms with Gasteiger partial charge >= 0.3 is 5.97 Å². The lowest BCUT2D eigenvalue weighted by atomic mass is 9.78. The summed E-state index contributed by atoms with van der Waals surface area (Å²) in [6.45, 7) is 4.12. The van der Waals surface area contributed by atoms with Crippen LogP contribution in [0.4, 0.5) is 0 Å². The molecule has 5 nitrogen and oxygen atoms in total. The second-order valence-electron chi connectivity index (χ2n) is 6.52. The molecule has 1 aliphatic rings. The average Bonchev–Trinajstić information content (AvgIpc) is 2.77. The summed E-state index contributed by atoms with van der Waals surface area (Å²) in [5.41, 5.74) is 2.62. The lowest BCUT2D eigenvalue weighted by Gasteiger charge is -2.30. The van der Waals surface area contributed by atoms with E-state index in [1.165, 1.54) is 0 Å². The Hall–Kier alpha value is -2.91. The van der Waals surface area contributed by atoms with E-state index >= 15 is 0 Å². The van der Waals surface area contributed by atoms with E-state index in [-0.39, 0.29) is 6.61 Å². The van der Waals surface area contributed by atoms with Crippen LogP contribution in [0.1, 0.15) is 37.3 Å². The summed E-state index contributed by atoms with van der Waals surface area (Å²) in [7, 11) is 0. The third-order valence-corrected chi connectivity index (χ3v) is 5.82. The molecule has 0 bridgehead atoms. The molecule has 3 rings (SSSR count). The minimum atomic E-state index is -0.567. The Kier molecular flexibility index (Phi) is 7.20. The van der Waals surface area contributed by atoms with Gasteiger partial charge in [-0.15, -0.1) is 11.8 Å². The number of nitrogens with zero attached hydrogens (tertiary/aromatic N) is 3. The van der Waals surface area contributed by atoms with Crippen LogP contribution in [0, 0.1) is 17.2 Å². The summed E-state index contributed by atoms with van der Waals surface area (Å²) in [6, 6.07) is 15.7. The third kappa shape index (κ3) is 4.57. The second-order valence-corrected chi connectivity index (χ2v) is 7.63. The standard InChI is InChI=1S/C23H23N3O2S/c1-3-13-29-22-18(14-24)19(17-11-8-12-25-15-17)20(23(27)28-4-2)21(26-22)16-9-6-5-7-10-16/h5-12,15,18-19H,3-4,13H2,1-2H3/t18?,19-/m0/s1. The van der Waals surface area contributed by atoms with E-state index in [0.717, 1.165) is 28.3 Å². The second kappa shape index (κ2) is 10.0. The molecule has 0 spiro atoms. The number of aromatic nitrogens is 1. The van der Waals surface area contributed by atoms with Crippen molar-refractivity contribution in [2.75, 3.05) is 12.4 Å². The van der Waals surface area contributed by atoms with E-state index in [1.807, 2.05) is 42.5 Å². The molecule has 0 aliphatic carbocycles. The highest BCUT2D eigenvalue weighted by molar-refractivity contribution is 8.14. The molecule has 148 valence electrons. The maximum atomic E-state index is 13.1. The fourth-order valence-electron chi connectivity index (χ4n) is 3.32. The number of nitriles is 1. The number of pyridine rings is 1. The van der Waals surface area contributed by atoms with Gasteiger partial charge in [0.2, 0.25) is 0 Å². The minimum absolute atomic E-state index is 0.253. The summed E-state index contributed by atoms with van der Waals surface area (Å²) < 4.78 is 5.39.